The molecule has 2 N–H and O–H groups in total. The summed E-state index contributed by atoms with van der Waals surface area (Å²) in [6.45, 7) is 0.632. The number of hydrogen-bond donors (Lipinski definition) is 1. The molecular weight excluding hydrogens is 328 g/mol. The molecule has 0 radical (unpaired) electrons. The van der Waals surface area contributed by atoms with Crippen LogP contribution >= 0.6 is 11.3 Å². The van der Waals surface area contributed by atoms with Crippen molar-refractivity contribution in [2.45, 2.75) is 25.3 Å². The molecule has 0 spiro atoms. The zero-order valence-corrected chi connectivity index (χ0v) is 14.1. The zero-order chi connectivity index (χ0) is 17.1. The fourth-order valence-corrected chi connectivity index (χ4v) is 3.78. The number of thiazole rings is 1. The standard InChI is InChI=1S/C16H18N4O3S/c1-23-14-10(5-4-7-18-14)16(22)20-8-3-2-6-11(20)15-19-9-12(24-15)13(17)21/h4-5,7,9,11H,2-3,6,8H2,1H3,(H2,17,21)/t11-/m1/s1. The normalized spacial score (nSPS) is 17.5. The number of carbonyl (C=O) groups is 2. The van der Waals surface area contributed by atoms with E-state index in [4.69, 9.17) is 10.5 Å². The molecule has 1 saturated heterocycles. The fraction of sp³-hybridized carbons (Fsp3) is 0.375. The quantitative estimate of drug-likeness (QED) is 0.913. The number of rotatable bonds is 4. The molecule has 1 aliphatic heterocycles. The van der Waals surface area contributed by atoms with Gasteiger partial charge in [0.25, 0.3) is 11.8 Å². The van der Waals surface area contributed by atoms with Crippen LogP contribution in [0, 0.1) is 0 Å². The molecule has 0 aliphatic carbocycles. The van der Waals surface area contributed by atoms with Gasteiger partial charge in [-0.25, -0.2) is 9.97 Å². The lowest BCUT2D eigenvalue weighted by molar-refractivity contribution is 0.0607. The molecule has 0 aromatic carbocycles. The van der Waals surface area contributed by atoms with Gasteiger partial charge in [0, 0.05) is 12.7 Å². The van der Waals surface area contributed by atoms with E-state index in [2.05, 4.69) is 9.97 Å². The van der Waals surface area contributed by atoms with Crippen molar-refractivity contribution in [3.63, 3.8) is 0 Å². The van der Waals surface area contributed by atoms with Gasteiger partial charge < -0.3 is 15.4 Å². The fourth-order valence-electron chi connectivity index (χ4n) is 2.86. The summed E-state index contributed by atoms with van der Waals surface area (Å²) >= 11 is 1.25. The van der Waals surface area contributed by atoms with Crippen molar-refractivity contribution in [1.82, 2.24) is 14.9 Å². The van der Waals surface area contributed by atoms with E-state index in [1.54, 1.807) is 23.2 Å². The van der Waals surface area contributed by atoms with Gasteiger partial charge in [0.2, 0.25) is 5.88 Å². The Morgan fingerprint density at radius 1 is 1.38 bits per heavy atom. The van der Waals surface area contributed by atoms with Crippen LogP contribution < -0.4 is 10.5 Å². The van der Waals surface area contributed by atoms with E-state index in [0.717, 1.165) is 24.3 Å². The van der Waals surface area contributed by atoms with Gasteiger partial charge in [-0.1, -0.05) is 0 Å². The van der Waals surface area contributed by atoms with Crippen molar-refractivity contribution in [2.75, 3.05) is 13.7 Å². The maximum atomic E-state index is 13.0. The topological polar surface area (TPSA) is 98.4 Å². The summed E-state index contributed by atoms with van der Waals surface area (Å²) in [5.41, 5.74) is 5.74. The lowest BCUT2D eigenvalue weighted by atomic mass is 10.0. The number of piperidine rings is 1. The minimum Gasteiger partial charge on any atom is -0.480 e. The number of primary amides is 1. The van der Waals surface area contributed by atoms with Crippen molar-refractivity contribution in [3.05, 3.63) is 40.0 Å². The number of hydrogen-bond acceptors (Lipinski definition) is 6. The van der Waals surface area contributed by atoms with Gasteiger partial charge in [0.05, 0.1) is 19.3 Å². The number of ether oxygens (including phenoxy) is 1. The van der Waals surface area contributed by atoms with Crippen molar-refractivity contribution < 1.29 is 14.3 Å². The van der Waals surface area contributed by atoms with Gasteiger partial charge in [-0.3, -0.25) is 9.59 Å². The minimum atomic E-state index is -0.499. The van der Waals surface area contributed by atoms with Crippen LogP contribution in [0.3, 0.4) is 0 Å². The lowest BCUT2D eigenvalue weighted by Gasteiger charge is -2.34. The van der Waals surface area contributed by atoms with Crippen LogP contribution in [-0.4, -0.2) is 40.3 Å². The zero-order valence-electron chi connectivity index (χ0n) is 13.3. The Bertz CT molecular complexity index is 761. The van der Waals surface area contributed by atoms with Crippen molar-refractivity contribution >= 4 is 23.2 Å². The van der Waals surface area contributed by atoms with E-state index < -0.39 is 5.91 Å². The van der Waals surface area contributed by atoms with Crippen LogP contribution in [0.25, 0.3) is 0 Å². The second-order valence-corrected chi connectivity index (χ2v) is 6.56. The molecule has 8 heteroatoms. The van der Waals surface area contributed by atoms with E-state index in [-0.39, 0.29) is 11.9 Å². The summed E-state index contributed by atoms with van der Waals surface area (Å²) in [6.07, 6.45) is 5.80. The Balaban J connectivity index is 1.91. The highest BCUT2D eigenvalue weighted by atomic mass is 32.1. The van der Waals surface area contributed by atoms with Crippen LogP contribution in [0.5, 0.6) is 5.88 Å². The largest absolute Gasteiger partial charge is 0.480 e. The summed E-state index contributed by atoms with van der Waals surface area (Å²) in [7, 11) is 1.49. The lowest BCUT2D eigenvalue weighted by Crippen LogP contribution is -2.38. The second kappa shape index (κ2) is 6.96. The smallest absolute Gasteiger partial charge is 0.260 e. The Morgan fingerprint density at radius 2 is 2.21 bits per heavy atom. The number of carbonyl (C=O) groups excluding carboxylic acids is 2. The number of amides is 2. The molecule has 0 bridgehead atoms. The third-order valence-corrected chi connectivity index (χ3v) is 5.12. The van der Waals surface area contributed by atoms with Crippen molar-refractivity contribution in [2.24, 2.45) is 5.73 Å². The Kier molecular flexibility index (Phi) is 4.75. The molecular formula is C16H18N4O3S. The molecule has 3 heterocycles. The first-order valence-corrected chi connectivity index (χ1v) is 8.49. The van der Waals surface area contributed by atoms with E-state index in [9.17, 15) is 9.59 Å². The number of nitrogens with zero attached hydrogens (tertiary/aromatic N) is 3. The van der Waals surface area contributed by atoms with E-state index in [1.807, 2.05) is 0 Å². The molecule has 126 valence electrons. The summed E-state index contributed by atoms with van der Waals surface area (Å²) < 4.78 is 5.20. The number of likely N-dealkylation sites (tertiary alicyclic amines) is 1. The molecule has 0 unspecified atom stereocenters. The third kappa shape index (κ3) is 3.09. The molecule has 2 aromatic heterocycles. The predicted molar refractivity (Wildman–Crippen MR) is 89.0 cm³/mol. The minimum absolute atomic E-state index is 0.138. The molecule has 0 saturated carbocycles. The highest BCUT2D eigenvalue weighted by molar-refractivity contribution is 7.13. The summed E-state index contributed by atoms with van der Waals surface area (Å²) in [5, 5.41) is 0.736. The molecule has 3 rings (SSSR count). The molecule has 2 aromatic rings. The average Bonchev–Trinajstić information content (AvgIpc) is 3.11. The Morgan fingerprint density at radius 3 is 2.92 bits per heavy atom. The van der Waals surface area contributed by atoms with Gasteiger partial charge in [-0.15, -0.1) is 11.3 Å². The summed E-state index contributed by atoms with van der Waals surface area (Å²) in [5.74, 6) is -0.328. The molecule has 2 amide bonds. The first-order chi connectivity index (χ1) is 11.6. The molecule has 24 heavy (non-hydrogen) atoms. The molecule has 1 atom stereocenters. The first-order valence-electron chi connectivity index (χ1n) is 7.67. The van der Waals surface area contributed by atoms with E-state index in [1.165, 1.54) is 24.6 Å². The highest BCUT2D eigenvalue weighted by Crippen LogP contribution is 2.35. The third-order valence-electron chi connectivity index (χ3n) is 4.01. The number of pyridine rings is 1. The average molecular weight is 346 g/mol. The van der Waals surface area contributed by atoms with Crippen molar-refractivity contribution in [3.8, 4) is 5.88 Å². The van der Waals surface area contributed by atoms with Crippen LogP contribution in [0.2, 0.25) is 0 Å². The second-order valence-electron chi connectivity index (χ2n) is 5.50. The van der Waals surface area contributed by atoms with Crippen molar-refractivity contribution in [1.29, 1.82) is 0 Å². The SMILES string of the molecule is COc1ncccc1C(=O)N1CCCC[C@@H]1c1ncc(C(N)=O)s1. The van der Waals surface area contributed by atoms with Crippen LogP contribution in [0.15, 0.2) is 24.5 Å². The maximum Gasteiger partial charge on any atom is 0.260 e. The Labute approximate surface area is 143 Å². The molecule has 1 fully saturated rings. The monoisotopic (exact) mass is 346 g/mol. The predicted octanol–water partition coefficient (Wildman–Crippen LogP) is 2.01. The molecule has 7 nitrogen and oxygen atoms in total. The molecule has 1 aliphatic rings. The van der Waals surface area contributed by atoms with Crippen LogP contribution in [-0.2, 0) is 0 Å². The summed E-state index contributed by atoms with van der Waals surface area (Å²) in [6, 6.07) is 3.26. The van der Waals surface area contributed by atoms with Gasteiger partial charge in [0.1, 0.15) is 15.4 Å². The highest BCUT2D eigenvalue weighted by Gasteiger charge is 2.32. The van der Waals surface area contributed by atoms with Crippen LogP contribution in [0.4, 0.5) is 0 Å². The van der Waals surface area contributed by atoms with Crippen LogP contribution in [0.1, 0.15) is 50.3 Å². The number of nitrogens with two attached hydrogens (primary N) is 1. The van der Waals surface area contributed by atoms with E-state index in [0.29, 0.717) is 22.9 Å². The van der Waals surface area contributed by atoms with E-state index >= 15 is 0 Å². The Hall–Kier alpha value is -2.48. The van der Waals surface area contributed by atoms with Gasteiger partial charge >= 0.3 is 0 Å². The van der Waals surface area contributed by atoms with Gasteiger partial charge in [-0.05, 0) is 31.4 Å². The maximum absolute atomic E-state index is 13.0. The number of methoxy groups -OCH3 is 1. The number of aromatic nitrogens is 2. The summed E-state index contributed by atoms with van der Waals surface area (Å²) in [4.78, 5) is 34.9. The van der Waals surface area contributed by atoms with Gasteiger partial charge in [0.15, 0.2) is 0 Å². The van der Waals surface area contributed by atoms with Gasteiger partial charge in [-0.2, -0.15) is 0 Å². The first kappa shape index (κ1) is 16.4.